The summed E-state index contributed by atoms with van der Waals surface area (Å²) in [5, 5.41) is 0. The predicted octanol–water partition coefficient (Wildman–Crippen LogP) is 1.48. The molecular weight excluding hydrogens is 266 g/mol. The van der Waals surface area contributed by atoms with Crippen LogP contribution in [0.4, 0.5) is 11.6 Å². The number of aromatic nitrogens is 2. The number of carbonyl (C=O) groups is 1. The average Bonchev–Trinajstić information content (AvgIpc) is 3.14. The van der Waals surface area contributed by atoms with E-state index in [1.807, 2.05) is 6.92 Å². The number of primary amides is 1. The summed E-state index contributed by atoms with van der Waals surface area (Å²) in [6.45, 7) is 2.12. The van der Waals surface area contributed by atoms with Gasteiger partial charge in [0.05, 0.1) is 6.54 Å². The van der Waals surface area contributed by atoms with Crippen LogP contribution in [0.25, 0.3) is 0 Å². The average molecular weight is 289 g/mol. The van der Waals surface area contributed by atoms with E-state index in [-0.39, 0.29) is 12.5 Å². The fourth-order valence-electron chi connectivity index (χ4n) is 3.10. The van der Waals surface area contributed by atoms with E-state index < -0.39 is 0 Å². The van der Waals surface area contributed by atoms with Gasteiger partial charge in [0, 0.05) is 17.5 Å². The van der Waals surface area contributed by atoms with E-state index in [2.05, 4.69) is 9.88 Å². The van der Waals surface area contributed by atoms with Crippen molar-refractivity contribution >= 4 is 17.5 Å². The maximum atomic E-state index is 11.5. The van der Waals surface area contributed by atoms with Crippen molar-refractivity contribution in [1.29, 1.82) is 0 Å². The number of hydrogen-bond acceptors (Lipinski definition) is 5. The van der Waals surface area contributed by atoms with Crippen molar-refractivity contribution in [3.8, 4) is 0 Å². The van der Waals surface area contributed by atoms with Crippen LogP contribution in [0.1, 0.15) is 55.8 Å². The lowest BCUT2D eigenvalue weighted by Crippen LogP contribution is -2.41. The van der Waals surface area contributed by atoms with Crippen molar-refractivity contribution in [2.24, 2.45) is 5.73 Å². The summed E-state index contributed by atoms with van der Waals surface area (Å²) in [5.41, 5.74) is 12.4. The monoisotopic (exact) mass is 289 g/mol. The molecule has 21 heavy (non-hydrogen) atoms. The molecule has 6 heteroatoms. The van der Waals surface area contributed by atoms with Gasteiger partial charge in [-0.15, -0.1) is 0 Å². The number of hydrogen-bond donors (Lipinski definition) is 2. The molecule has 0 aromatic carbocycles. The fourth-order valence-corrected chi connectivity index (χ4v) is 3.10. The van der Waals surface area contributed by atoms with Crippen LogP contribution in [0.15, 0.2) is 0 Å². The lowest BCUT2D eigenvalue weighted by molar-refractivity contribution is -0.116. The molecule has 4 N–H and O–H groups in total. The number of amides is 1. The van der Waals surface area contributed by atoms with E-state index in [0.29, 0.717) is 17.8 Å². The highest BCUT2D eigenvalue weighted by Crippen LogP contribution is 2.40. The third kappa shape index (κ3) is 2.94. The Morgan fingerprint density at radius 3 is 2.48 bits per heavy atom. The molecule has 0 bridgehead atoms. The molecule has 3 rings (SSSR count). The molecule has 1 aromatic rings. The number of rotatable bonds is 5. The van der Waals surface area contributed by atoms with Crippen molar-refractivity contribution < 1.29 is 4.79 Å². The Morgan fingerprint density at radius 2 is 1.90 bits per heavy atom. The number of anilines is 2. The molecule has 0 aliphatic heterocycles. The Bertz CT molecular complexity index is 549. The first kappa shape index (κ1) is 14.1. The number of nitrogens with two attached hydrogens (primary N) is 2. The molecular formula is C15H23N5O. The van der Waals surface area contributed by atoms with Gasteiger partial charge in [-0.25, -0.2) is 9.97 Å². The van der Waals surface area contributed by atoms with E-state index in [4.69, 9.17) is 16.5 Å². The molecule has 1 amide bonds. The summed E-state index contributed by atoms with van der Waals surface area (Å²) < 4.78 is 0. The van der Waals surface area contributed by atoms with Crippen molar-refractivity contribution in [2.45, 2.75) is 57.4 Å². The van der Waals surface area contributed by atoms with Crippen LogP contribution in [0.5, 0.6) is 0 Å². The normalized spacial score (nSPS) is 18.9. The minimum absolute atomic E-state index is 0.200. The van der Waals surface area contributed by atoms with Gasteiger partial charge in [0.2, 0.25) is 5.91 Å². The molecule has 0 saturated heterocycles. The van der Waals surface area contributed by atoms with Gasteiger partial charge < -0.3 is 16.4 Å². The standard InChI is InChI=1S/C15H23N5O/c1-9-13(17)18-14(10-6-7-10)19-15(9)20(8-12(16)21)11-4-2-3-5-11/h10-11H,2-8H2,1H3,(H2,16,21)(H2,17,18,19). The van der Waals surface area contributed by atoms with Crippen LogP contribution in [0, 0.1) is 6.92 Å². The summed E-state index contributed by atoms with van der Waals surface area (Å²) in [6.07, 6.45) is 6.79. The maximum Gasteiger partial charge on any atom is 0.237 e. The smallest absolute Gasteiger partial charge is 0.237 e. The number of nitrogen functional groups attached to an aromatic ring is 1. The highest BCUT2D eigenvalue weighted by molar-refractivity contribution is 5.80. The minimum atomic E-state index is -0.327. The van der Waals surface area contributed by atoms with Crippen LogP contribution in [0.2, 0.25) is 0 Å². The molecule has 114 valence electrons. The lowest BCUT2D eigenvalue weighted by atomic mass is 10.1. The summed E-state index contributed by atoms with van der Waals surface area (Å²) in [6, 6.07) is 0.331. The van der Waals surface area contributed by atoms with Crippen LogP contribution < -0.4 is 16.4 Å². The van der Waals surface area contributed by atoms with Gasteiger partial charge in [0.15, 0.2) is 0 Å². The van der Waals surface area contributed by atoms with Gasteiger partial charge in [0.25, 0.3) is 0 Å². The molecule has 0 radical (unpaired) electrons. The number of carbonyl (C=O) groups excluding carboxylic acids is 1. The molecule has 2 aliphatic carbocycles. The Labute approximate surface area is 124 Å². The largest absolute Gasteiger partial charge is 0.383 e. The van der Waals surface area contributed by atoms with Crippen LogP contribution >= 0.6 is 0 Å². The Balaban J connectivity index is 1.98. The first-order valence-corrected chi connectivity index (χ1v) is 7.75. The van der Waals surface area contributed by atoms with Gasteiger partial charge in [-0.2, -0.15) is 0 Å². The topological polar surface area (TPSA) is 98.1 Å². The Kier molecular flexibility index (Phi) is 3.69. The van der Waals surface area contributed by atoms with E-state index in [9.17, 15) is 4.79 Å². The van der Waals surface area contributed by atoms with Crippen molar-refractivity contribution in [3.63, 3.8) is 0 Å². The predicted molar refractivity (Wildman–Crippen MR) is 82.0 cm³/mol. The lowest BCUT2D eigenvalue weighted by Gasteiger charge is -2.30. The molecule has 0 spiro atoms. The molecule has 6 nitrogen and oxygen atoms in total. The minimum Gasteiger partial charge on any atom is -0.383 e. The third-order valence-electron chi connectivity index (χ3n) is 4.48. The summed E-state index contributed by atoms with van der Waals surface area (Å²) >= 11 is 0. The van der Waals surface area contributed by atoms with E-state index >= 15 is 0 Å². The van der Waals surface area contributed by atoms with Gasteiger partial charge in [0.1, 0.15) is 17.5 Å². The van der Waals surface area contributed by atoms with Crippen LogP contribution in [-0.4, -0.2) is 28.5 Å². The van der Waals surface area contributed by atoms with Gasteiger partial charge >= 0.3 is 0 Å². The van der Waals surface area contributed by atoms with E-state index in [1.165, 1.54) is 12.8 Å². The fraction of sp³-hybridized carbons (Fsp3) is 0.667. The third-order valence-corrected chi connectivity index (χ3v) is 4.48. The van der Waals surface area contributed by atoms with Crippen molar-refractivity contribution in [3.05, 3.63) is 11.4 Å². The molecule has 0 atom stereocenters. The summed E-state index contributed by atoms with van der Waals surface area (Å²) in [4.78, 5) is 22.7. The molecule has 2 saturated carbocycles. The molecule has 0 unspecified atom stereocenters. The van der Waals surface area contributed by atoms with Crippen LogP contribution in [-0.2, 0) is 4.79 Å². The molecule has 1 heterocycles. The zero-order valence-corrected chi connectivity index (χ0v) is 12.5. The second-order valence-corrected chi connectivity index (χ2v) is 6.22. The van der Waals surface area contributed by atoms with E-state index in [1.54, 1.807) is 0 Å². The Hall–Kier alpha value is -1.85. The van der Waals surface area contributed by atoms with Gasteiger partial charge in [-0.1, -0.05) is 12.8 Å². The second kappa shape index (κ2) is 5.50. The number of nitrogens with zero attached hydrogens (tertiary/aromatic N) is 3. The Morgan fingerprint density at radius 1 is 1.24 bits per heavy atom. The van der Waals surface area contributed by atoms with E-state index in [0.717, 1.165) is 42.9 Å². The second-order valence-electron chi connectivity index (χ2n) is 6.22. The van der Waals surface area contributed by atoms with Gasteiger partial charge in [-0.3, -0.25) is 4.79 Å². The quantitative estimate of drug-likeness (QED) is 0.855. The first-order valence-electron chi connectivity index (χ1n) is 7.75. The first-order chi connectivity index (χ1) is 10.1. The highest BCUT2D eigenvalue weighted by atomic mass is 16.1. The molecule has 1 aromatic heterocycles. The summed E-state index contributed by atoms with van der Waals surface area (Å²) in [7, 11) is 0. The SMILES string of the molecule is Cc1c(N)nc(C2CC2)nc1N(CC(N)=O)C1CCCC1. The van der Waals surface area contributed by atoms with Gasteiger partial charge in [-0.05, 0) is 32.6 Å². The molecule has 2 fully saturated rings. The zero-order chi connectivity index (χ0) is 15.0. The van der Waals surface area contributed by atoms with Crippen molar-refractivity contribution in [1.82, 2.24) is 9.97 Å². The molecule has 2 aliphatic rings. The zero-order valence-electron chi connectivity index (χ0n) is 12.5. The highest BCUT2D eigenvalue weighted by Gasteiger charge is 2.31. The van der Waals surface area contributed by atoms with Crippen LogP contribution in [0.3, 0.4) is 0 Å². The maximum absolute atomic E-state index is 11.5. The summed E-state index contributed by atoms with van der Waals surface area (Å²) in [5.74, 6) is 2.25. The van der Waals surface area contributed by atoms with Crippen molar-refractivity contribution in [2.75, 3.05) is 17.2 Å².